The third kappa shape index (κ3) is 4.40. The van der Waals surface area contributed by atoms with E-state index in [-0.39, 0.29) is 36.2 Å². The van der Waals surface area contributed by atoms with E-state index in [1.807, 2.05) is 13.8 Å². The second-order valence-corrected chi connectivity index (χ2v) is 6.69. The number of nitrogens with zero attached hydrogens (tertiary/aromatic N) is 5. The number of carbonyl (C=O) groups is 1. The monoisotopic (exact) mass is 374 g/mol. The largest absolute Gasteiger partial charge is 0.372 e. The van der Waals surface area contributed by atoms with E-state index in [4.69, 9.17) is 4.74 Å². The van der Waals surface area contributed by atoms with Crippen LogP contribution in [0.5, 0.6) is 0 Å². The number of pyridine rings is 1. The van der Waals surface area contributed by atoms with Crippen molar-refractivity contribution in [3.05, 3.63) is 40.3 Å². The highest BCUT2D eigenvalue weighted by atomic mass is 16.6. The van der Waals surface area contributed by atoms with E-state index in [9.17, 15) is 14.9 Å². The molecular weight excluding hydrogens is 352 g/mol. The zero-order chi connectivity index (χ0) is 19.6. The maximum absolute atomic E-state index is 12.5. The summed E-state index contributed by atoms with van der Waals surface area (Å²) >= 11 is 0. The molecule has 0 bridgehead atoms. The van der Waals surface area contributed by atoms with Gasteiger partial charge < -0.3 is 15.0 Å². The van der Waals surface area contributed by atoms with Crippen LogP contribution in [-0.4, -0.2) is 55.8 Å². The quantitative estimate of drug-likeness (QED) is 0.627. The number of ether oxygens (including phenoxy) is 1. The summed E-state index contributed by atoms with van der Waals surface area (Å²) in [5.74, 6) is 0.0908. The van der Waals surface area contributed by atoms with E-state index < -0.39 is 4.92 Å². The lowest BCUT2D eigenvalue weighted by atomic mass is 10.2. The van der Waals surface area contributed by atoms with Gasteiger partial charge in [0.2, 0.25) is 11.7 Å². The lowest BCUT2D eigenvalue weighted by molar-refractivity contribution is -0.384. The number of aryl methyl sites for hydroxylation is 1. The van der Waals surface area contributed by atoms with Crippen LogP contribution in [0.2, 0.25) is 0 Å². The topological polar surface area (TPSA) is 115 Å². The van der Waals surface area contributed by atoms with E-state index in [1.165, 1.54) is 17.1 Å². The minimum Gasteiger partial charge on any atom is -0.372 e. The number of rotatable bonds is 5. The van der Waals surface area contributed by atoms with Gasteiger partial charge in [0, 0.05) is 31.0 Å². The third-order valence-electron chi connectivity index (χ3n) is 4.27. The maximum atomic E-state index is 12.5. The number of aromatic nitrogens is 3. The molecular formula is C17H22N6O4. The normalized spacial score (nSPS) is 19.7. The molecule has 10 nitrogen and oxygen atoms in total. The van der Waals surface area contributed by atoms with E-state index in [0.29, 0.717) is 24.3 Å². The van der Waals surface area contributed by atoms with Gasteiger partial charge in [0.05, 0.1) is 29.0 Å². The molecule has 1 N–H and O–H groups in total. The van der Waals surface area contributed by atoms with Gasteiger partial charge in [-0.15, -0.1) is 0 Å². The molecule has 0 radical (unpaired) electrons. The molecule has 3 rings (SSSR count). The van der Waals surface area contributed by atoms with Gasteiger partial charge in [-0.2, -0.15) is 5.10 Å². The molecule has 0 aliphatic carbocycles. The second-order valence-electron chi connectivity index (χ2n) is 6.69. The van der Waals surface area contributed by atoms with Crippen LogP contribution in [0.25, 0.3) is 0 Å². The smallest absolute Gasteiger partial charge is 0.314 e. The molecule has 1 fully saturated rings. The first kappa shape index (κ1) is 18.8. The molecule has 1 aliphatic rings. The van der Waals surface area contributed by atoms with Crippen molar-refractivity contribution in [2.75, 3.05) is 18.4 Å². The predicted molar refractivity (Wildman–Crippen MR) is 97.7 cm³/mol. The standard InChI is InChI=1S/C17H22N6O4/c1-11-4-5-18-17(16(11)23(25)26)20-14-6-19-22(9-14)10-15(24)21-7-12(2)27-13(3)8-21/h4-6,9,12-13H,7-8,10H2,1-3H3,(H,18,20). The summed E-state index contributed by atoms with van der Waals surface area (Å²) in [5, 5.41) is 18.3. The molecule has 2 aromatic rings. The highest BCUT2D eigenvalue weighted by Gasteiger charge is 2.26. The molecule has 2 unspecified atom stereocenters. The number of hydrogen-bond acceptors (Lipinski definition) is 7. The second kappa shape index (κ2) is 7.70. The molecule has 1 amide bonds. The van der Waals surface area contributed by atoms with Crippen LogP contribution in [0.4, 0.5) is 17.2 Å². The van der Waals surface area contributed by atoms with Crippen molar-refractivity contribution in [3.63, 3.8) is 0 Å². The van der Waals surface area contributed by atoms with Gasteiger partial charge in [-0.05, 0) is 26.8 Å². The first-order chi connectivity index (χ1) is 12.8. The molecule has 0 aromatic carbocycles. The molecule has 0 spiro atoms. The van der Waals surface area contributed by atoms with Crippen LogP contribution in [0, 0.1) is 17.0 Å². The van der Waals surface area contributed by atoms with Gasteiger partial charge in [-0.3, -0.25) is 19.6 Å². The Morgan fingerprint density at radius 1 is 1.41 bits per heavy atom. The number of anilines is 2. The molecule has 0 saturated carbocycles. The summed E-state index contributed by atoms with van der Waals surface area (Å²) in [7, 11) is 0. The van der Waals surface area contributed by atoms with E-state index in [2.05, 4.69) is 15.4 Å². The van der Waals surface area contributed by atoms with Crippen molar-refractivity contribution >= 4 is 23.1 Å². The van der Waals surface area contributed by atoms with Crippen molar-refractivity contribution in [3.8, 4) is 0 Å². The minimum absolute atomic E-state index is 0.000456. The van der Waals surface area contributed by atoms with Gasteiger partial charge in [0.1, 0.15) is 6.54 Å². The van der Waals surface area contributed by atoms with E-state index in [0.717, 1.165) is 0 Å². The number of amides is 1. The Balaban J connectivity index is 1.68. The summed E-state index contributed by atoms with van der Waals surface area (Å²) in [5.41, 5.74) is 0.945. The van der Waals surface area contributed by atoms with Gasteiger partial charge in [0.25, 0.3) is 0 Å². The summed E-state index contributed by atoms with van der Waals surface area (Å²) in [6.07, 6.45) is 4.63. The highest BCUT2D eigenvalue weighted by molar-refractivity contribution is 5.76. The van der Waals surface area contributed by atoms with Gasteiger partial charge >= 0.3 is 5.69 Å². The fourth-order valence-corrected chi connectivity index (χ4v) is 3.14. The van der Waals surface area contributed by atoms with Crippen LogP contribution in [-0.2, 0) is 16.1 Å². The number of morpholine rings is 1. The van der Waals surface area contributed by atoms with Crippen LogP contribution in [0.1, 0.15) is 19.4 Å². The predicted octanol–water partition coefficient (Wildman–Crippen LogP) is 1.87. The molecule has 27 heavy (non-hydrogen) atoms. The zero-order valence-corrected chi connectivity index (χ0v) is 15.5. The third-order valence-corrected chi connectivity index (χ3v) is 4.27. The first-order valence-electron chi connectivity index (χ1n) is 8.66. The van der Waals surface area contributed by atoms with Gasteiger partial charge in [0.15, 0.2) is 0 Å². The Morgan fingerprint density at radius 2 is 2.11 bits per heavy atom. The summed E-state index contributed by atoms with van der Waals surface area (Å²) in [6.45, 7) is 6.72. The molecule has 10 heteroatoms. The van der Waals surface area contributed by atoms with E-state index >= 15 is 0 Å². The molecule has 2 atom stereocenters. The molecule has 1 aliphatic heterocycles. The maximum Gasteiger partial charge on any atom is 0.314 e. The number of carbonyl (C=O) groups excluding carboxylic acids is 1. The SMILES string of the molecule is Cc1ccnc(Nc2cnn(CC(=O)N3CC(C)OC(C)C3)c2)c1[N+](=O)[O-]. The fourth-order valence-electron chi connectivity index (χ4n) is 3.14. The number of nitro groups is 1. The van der Waals surface area contributed by atoms with Crippen molar-refractivity contribution < 1.29 is 14.5 Å². The summed E-state index contributed by atoms with van der Waals surface area (Å²) in [4.78, 5) is 29.1. The number of hydrogen-bond donors (Lipinski definition) is 1. The van der Waals surface area contributed by atoms with Crippen LogP contribution in [0.3, 0.4) is 0 Å². The van der Waals surface area contributed by atoms with Crippen molar-refractivity contribution in [1.29, 1.82) is 0 Å². The lowest BCUT2D eigenvalue weighted by Crippen LogP contribution is -2.49. The first-order valence-corrected chi connectivity index (χ1v) is 8.66. The van der Waals surface area contributed by atoms with Crippen molar-refractivity contribution in [1.82, 2.24) is 19.7 Å². The average Bonchev–Trinajstić information content (AvgIpc) is 3.00. The molecule has 3 heterocycles. The Kier molecular flexibility index (Phi) is 5.36. The Hall–Kier alpha value is -3.01. The van der Waals surface area contributed by atoms with Crippen LogP contribution >= 0.6 is 0 Å². The van der Waals surface area contributed by atoms with Crippen LogP contribution < -0.4 is 5.32 Å². The number of nitrogens with one attached hydrogen (secondary N) is 1. The Bertz CT molecular complexity index is 842. The molecule has 144 valence electrons. The average molecular weight is 374 g/mol. The minimum atomic E-state index is -0.473. The summed E-state index contributed by atoms with van der Waals surface area (Å²) < 4.78 is 7.14. The molecule has 2 aromatic heterocycles. The summed E-state index contributed by atoms with van der Waals surface area (Å²) in [6, 6.07) is 1.58. The Morgan fingerprint density at radius 3 is 2.78 bits per heavy atom. The van der Waals surface area contributed by atoms with Gasteiger partial charge in [-0.1, -0.05) is 0 Å². The molecule has 1 saturated heterocycles. The fraction of sp³-hybridized carbons (Fsp3) is 0.471. The Labute approximate surface area is 156 Å². The van der Waals surface area contributed by atoms with Crippen LogP contribution in [0.15, 0.2) is 24.7 Å². The zero-order valence-electron chi connectivity index (χ0n) is 15.5. The lowest BCUT2D eigenvalue weighted by Gasteiger charge is -2.35. The van der Waals surface area contributed by atoms with Gasteiger partial charge in [-0.25, -0.2) is 4.98 Å². The highest BCUT2D eigenvalue weighted by Crippen LogP contribution is 2.28. The van der Waals surface area contributed by atoms with Crippen molar-refractivity contribution in [2.24, 2.45) is 0 Å². The van der Waals surface area contributed by atoms with Crippen molar-refractivity contribution in [2.45, 2.75) is 39.5 Å². The van der Waals surface area contributed by atoms with E-state index in [1.54, 1.807) is 24.1 Å².